The van der Waals surface area contributed by atoms with Crippen molar-refractivity contribution in [3.63, 3.8) is 0 Å². The highest BCUT2D eigenvalue weighted by molar-refractivity contribution is 9.10. The van der Waals surface area contributed by atoms with Gasteiger partial charge in [-0.25, -0.2) is 4.98 Å². The van der Waals surface area contributed by atoms with Gasteiger partial charge in [0, 0.05) is 35.4 Å². The van der Waals surface area contributed by atoms with Crippen LogP contribution in [0.3, 0.4) is 0 Å². The summed E-state index contributed by atoms with van der Waals surface area (Å²) < 4.78 is 3.15. The number of hydrogen-bond acceptors (Lipinski definition) is 3. The molecule has 0 radical (unpaired) electrons. The highest BCUT2D eigenvalue weighted by Crippen LogP contribution is 2.30. The quantitative estimate of drug-likeness (QED) is 0.811. The fraction of sp³-hybridized carbons (Fsp3) is 0.357. The Labute approximate surface area is 126 Å². The first-order valence-electron chi connectivity index (χ1n) is 6.35. The van der Waals surface area contributed by atoms with E-state index in [1.165, 1.54) is 10.5 Å². The molecule has 5 heteroatoms. The first-order valence-corrected chi connectivity index (χ1v) is 7.96. The summed E-state index contributed by atoms with van der Waals surface area (Å²) in [4.78, 5) is 5.62. The molecule has 0 saturated heterocycles. The summed E-state index contributed by atoms with van der Waals surface area (Å²) in [6.45, 7) is 4.11. The molecule has 102 valence electrons. The van der Waals surface area contributed by atoms with Crippen LogP contribution in [0, 0.1) is 0 Å². The minimum Gasteiger partial charge on any atom is -0.329 e. The molecule has 2 rings (SSSR count). The minimum atomic E-state index is 0.889. The molecule has 1 N–H and O–H groups in total. The predicted octanol–water partition coefficient (Wildman–Crippen LogP) is 3.83. The number of nitrogens with one attached hydrogen (secondary N) is 1. The molecule has 0 aliphatic heterocycles. The second kappa shape index (κ2) is 7.12. The van der Waals surface area contributed by atoms with E-state index in [2.05, 4.69) is 51.4 Å². The number of nitrogens with zero attached hydrogens (tertiary/aromatic N) is 2. The third-order valence-electron chi connectivity index (χ3n) is 2.74. The number of aryl methyl sites for hydroxylation is 1. The first kappa shape index (κ1) is 14.6. The average Bonchev–Trinajstić information content (AvgIpc) is 2.78. The molecule has 0 atom stereocenters. The van der Waals surface area contributed by atoms with Gasteiger partial charge in [0.1, 0.15) is 0 Å². The van der Waals surface area contributed by atoms with Crippen LogP contribution in [0.25, 0.3) is 0 Å². The van der Waals surface area contributed by atoms with Crippen molar-refractivity contribution < 1.29 is 0 Å². The molecule has 1 aromatic carbocycles. The van der Waals surface area contributed by atoms with Crippen molar-refractivity contribution in [2.75, 3.05) is 6.54 Å². The highest BCUT2D eigenvalue weighted by Gasteiger charge is 2.08. The van der Waals surface area contributed by atoms with Gasteiger partial charge in [0.25, 0.3) is 0 Å². The Morgan fingerprint density at radius 1 is 1.42 bits per heavy atom. The minimum absolute atomic E-state index is 0.889. The Morgan fingerprint density at radius 2 is 2.26 bits per heavy atom. The molecule has 1 aromatic heterocycles. The standard InChI is InChI=1S/C14H18BrN3S/c1-3-6-16-10-11-9-12(15)4-5-13(11)19-14-17-7-8-18(14)2/h4-5,7-9,16H,3,6,10H2,1-2H3. The van der Waals surface area contributed by atoms with Gasteiger partial charge < -0.3 is 9.88 Å². The molecule has 0 amide bonds. The van der Waals surface area contributed by atoms with Crippen molar-refractivity contribution in [1.29, 1.82) is 0 Å². The van der Waals surface area contributed by atoms with Gasteiger partial charge in [-0.1, -0.05) is 34.6 Å². The van der Waals surface area contributed by atoms with Gasteiger partial charge >= 0.3 is 0 Å². The monoisotopic (exact) mass is 339 g/mol. The van der Waals surface area contributed by atoms with Crippen molar-refractivity contribution in [3.8, 4) is 0 Å². The van der Waals surface area contributed by atoms with Gasteiger partial charge in [-0.2, -0.15) is 0 Å². The Hall–Kier alpha value is -0.780. The average molecular weight is 340 g/mol. The fourth-order valence-electron chi connectivity index (χ4n) is 1.73. The molecule has 3 nitrogen and oxygen atoms in total. The van der Waals surface area contributed by atoms with E-state index in [-0.39, 0.29) is 0 Å². The maximum atomic E-state index is 4.36. The zero-order valence-electron chi connectivity index (χ0n) is 11.2. The zero-order chi connectivity index (χ0) is 13.7. The number of benzene rings is 1. The summed E-state index contributed by atoms with van der Waals surface area (Å²) in [5.41, 5.74) is 1.30. The number of aromatic nitrogens is 2. The Balaban J connectivity index is 2.16. The summed E-state index contributed by atoms with van der Waals surface area (Å²) in [5, 5.41) is 4.46. The lowest BCUT2D eigenvalue weighted by molar-refractivity contribution is 0.669. The largest absolute Gasteiger partial charge is 0.329 e. The normalized spacial score (nSPS) is 10.9. The van der Waals surface area contributed by atoms with Crippen molar-refractivity contribution in [1.82, 2.24) is 14.9 Å². The molecule has 0 bridgehead atoms. The molecule has 0 aliphatic carbocycles. The summed E-state index contributed by atoms with van der Waals surface area (Å²) in [6.07, 6.45) is 4.95. The number of hydrogen-bond donors (Lipinski definition) is 1. The first-order chi connectivity index (χ1) is 9.20. The Kier molecular flexibility index (Phi) is 5.48. The van der Waals surface area contributed by atoms with Gasteiger partial charge in [0.2, 0.25) is 0 Å². The molecular weight excluding hydrogens is 322 g/mol. The van der Waals surface area contributed by atoms with Crippen LogP contribution >= 0.6 is 27.7 Å². The van der Waals surface area contributed by atoms with Gasteiger partial charge in [-0.3, -0.25) is 0 Å². The lowest BCUT2D eigenvalue weighted by Crippen LogP contribution is -2.14. The van der Waals surface area contributed by atoms with Crippen LogP contribution in [0.1, 0.15) is 18.9 Å². The summed E-state index contributed by atoms with van der Waals surface area (Å²) >= 11 is 5.25. The topological polar surface area (TPSA) is 29.9 Å². The molecule has 2 aromatic rings. The Bertz CT molecular complexity index is 539. The molecule has 1 heterocycles. The van der Waals surface area contributed by atoms with Gasteiger partial charge in [-0.15, -0.1) is 0 Å². The van der Waals surface area contributed by atoms with Crippen molar-refractivity contribution in [3.05, 3.63) is 40.6 Å². The van der Waals surface area contributed by atoms with Gasteiger partial charge in [0.05, 0.1) is 0 Å². The lowest BCUT2D eigenvalue weighted by atomic mass is 10.2. The molecule has 0 unspecified atom stereocenters. The third kappa shape index (κ3) is 4.09. The van der Waals surface area contributed by atoms with Crippen LogP contribution in [0.5, 0.6) is 0 Å². The SMILES string of the molecule is CCCNCc1cc(Br)ccc1Sc1nccn1C. The molecule has 0 fully saturated rings. The van der Waals surface area contributed by atoms with E-state index in [4.69, 9.17) is 0 Å². The van der Waals surface area contributed by atoms with Gasteiger partial charge in [-0.05, 0) is 36.7 Å². The molecular formula is C14H18BrN3S. The van der Waals surface area contributed by atoms with Crippen LogP contribution in [0.4, 0.5) is 0 Å². The fourth-order valence-corrected chi connectivity index (χ4v) is 3.06. The summed E-state index contributed by atoms with van der Waals surface area (Å²) in [5.74, 6) is 0. The number of halogens is 1. The van der Waals surface area contributed by atoms with Crippen LogP contribution in [-0.4, -0.2) is 16.1 Å². The van der Waals surface area contributed by atoms with E-state index in [0.717, 1.165) is 29.1 Å². The smallest absolute Gasteiger partial charge is 0.172 e. The highest BCUT2D eigenvalue weighted by atomic mass is 79.9. The van der Waals surface area contributed by atoms with E-state index < -0.39 is 0 Å². The molecule has 0 saturated carbocycles. The van der Waals surface area contributed by atoms with Crippen LogP contribution in [-0.2, 0) is 13.6 Å². The van der Waals surface area contributed by atoms with Crippen LogP contribution in [0.15, 0.2) is 45.1 Å². The lowest BCUT2D eigenvalue weighted by Gasteiger charge is -2.10. The number of imidazole rings is 1. The maximum absolute atomic E-state index is 4.36. The number of rotatable bonds is 6. The summed E-state index contributed by atoms with van der Waals surface area (Å²) in [6, 6.07) is 6.40. The van der Waals surface area contributed by atoms with Crippen molar-refractivity contribution in [2.45, 2.75) is 29.9 Å². The third-order valence-corrected chi connectivity index (χ3v) is 4.43. The molecule has 19 heavy (non-hydrogen) atoms. The van der Waals surface area contributed by atoms with Crippen molar-refractivity contribution in [2.24, 2.45) is 7.05 Å². The molecule has 0 aliphatic rings. The second-order valence-corrected chi connectivity index (χ2v) is 6.28. The van der Waals surface area contributed by atoms with Crippen LogP contribution < -0.4 is 5.32 Å². The maximum Gasteiger partial charge on any atom is 0.172 e. The van der Waals surface area contributed by atoms with E-state index in [9.17, 15) is 0 Å². The van der Waals surface area contributed by atoms with E-state index in [0.29, 0.717) is 0 Å². The second-order valence-electron chi connectivity index (χ2n) is 4.35. The predicted molar refractivity (Wildman–Crippen MR) is 83.5 cm³/mol. The van der Waals surface area contributed by atoms with E-state index in [1.54, 1.807) is 11.8 Å². The van der Waals surface area contributed by atoms with Gasteiger partial charge in [0.15, 0.2) is 5.16 Å². The summed E-state index contributed by atoms with van der Waals surface area (Å²) in [7, 11) is 2.02. The Morgan fingerprint density at radius 3 is 2.95 bits per heavy atom. The zero-order valence-corrected chi connectivity index (χ0v) is 13.6. The van der Waals surface area contributed by atoms with Crippen LogP contribution in [0.2, 0.25) is 0 Å². The van der Waals surface area contributed by atoms with E-state index in [1.807, 2.05) is 24.0 Å². The van der Waals surface area contributed by atoms with E-state index >= 15 is 0 Å². The van der Waals surface area contributed by atoms with Crippen molar-refractivity contribution >= 4 is 27.7 Å². The molecule has 0 spiro atoms.